The van der Waals surface area contributed by atoms with Gasteiger partial charge in [0, 0.05) is 30.5 Å². The molecule has 0 spiro atoms. The van der Waals surface area contributed by atoms with Crippen molar-refractivity contribution in [2.75, 3.05) is 24.7 Å². The maximum atomic E-state index is 12.6. The number of nitrogen functional groups attached to an aromatic ring is 2. The SMILES string of the molecule is CCCCCCCCOC1CCC(OC(=O)c2ccc(/C=C/C(=O)OCCc3ccc(N)cc3N)cc2)CC1. The first-order chi connectivity index (χ1) is 18.9. The standard InChI is InChI=1S/C32H44N2O5/c1-2-3-4-5-6-7-21-37-28-15-17-29(18-16-28)39-32(36)26-11-8-24(9-12-26)10-19-31(35)38-22-20-25-13-14-27(33)23-30(25)34/h8-14,19,23,28-29H,2-7,15-18,20-22,33-34H2,1H3/b19-10+. The Morgan fingerprint density at radius 1 is 0.872 bits per heavy atom. The Morgan fingerprint density at radius 2 is 1.56 bits per heavy atom. The molecule has 3 rings (SSSR count). The fourth-order valence-corrected chi connectivity index (χ4v) is 4.71. The molecule has 39 heavy (non-hydrogen) atoms. The molecular formula is C32H44N2O5. The smallest absolute Gasteiger partial charge is 0.338 e. The van der Waals surface area contributed by atoms with Crippen LogP contribution in [0, 0.1) is 0 Å². The zero-order valence-corrected chi connectivity index (χ0v) is 23.2. The normalized spacial score (nSPS) is 17.3. The van der Waals surface area contributed by atoms with Crippen LogP contribution in [-0.2, 0) is 25.4 Å². The molecule has 0 atom stereocenters. The molecule has 2 aromatic carbocycles. The minimum atomic E-state index is -0.445. The third-order valence-electron chi connectivity index (χ3n) is 7.09. The number of carbonyl (C=O) groups excluding carboxylic acids is 2. The van der Waals surface area contributed by atoms with E-state index in [1.807, 2.05) is 6.07 Å². The van der Waals surface area contributed by atoms with Crippen LogP contribution < -0.4 is 11.5 Å². The average molecular weight is 537 g/mol. The number of hydrogen-bond acceptors (Lipinski definition) is 7. The molecule has 1 aliphatic rings. The molecule has 0 amide bonds. The summed E-state index contributed by atoms with van der Waals surface area (Å²) in [5, 5.41) is 0. The van der Waals surface area contributed by atoms with Crippen molar-refractivity contribution in [3.63, 3.8) is 0 Å². The van der Waals surface area contributed by atoms with Crippen molar-refractivity contribution in [3.05, 3.63) is 65.2 Å². The van der Waals surface area contributed by atoms with Gasteiger partial charge in [-0.2, -0.15) is 0 Å². The quantitative estimate of drug-likeness (QED) is 0.116. The fraction of sp³-hybridized carbons (Fsp3) is 0.500. The summed E-state index contributed by atoms with van der Waals surface area (Å²) in [5.41, 5.74) is 15.0. The monoisotopic (exact) mass is 536 g/mol. The van der Waals surface area contributed by atoms with Crippen molar-refractivity contribution in [3.8, 4) is 0 Å². The lowest BCUT2D eigenvalue weighted by Crippen LogP contribution is -2.28. The van der Waals surface area contributed by atoms with Crippen LogP contribution in [0.5, 0.6) is 0 Å². The molecule has 1 aliphatic carbocycles. The van der Waals surface area contributed by atoms with Crippen molar-refractivity contribution in [1.29, 1.82) is 0 Å². The van der Waals surface area contributed by atoms with Crippen LogP contribution in [0.4, 0.5) is 11.4 Å². The summed E-state index contributed by atoms with van der Waals surface area (Å²) in [7, 11) is 0. The Bertz CT molecular complexity index is 1060. The summed E-state index contributed by atoms with van der Waals surface area (Å²) in [4.78, 5) is 24.7. The van der Waals surface area contributed by atoms with Crippen LogP contribution in [-0.4, -0.2) is 37.4 Å². The Balaban J connectivity index is 1.31. The van der Waals surface area contributed by atoms with Gasteiger partial charge in [0.25, 0.3) is 0 Å². The summed E-state index contributed by atoms with van der Waals surface area (Å²) in [6.45, 7) is 3.28. The molecule has 0 saturated heterocycles. The summed E-state index contributed by atoms with van der Waals surface area (Å²) in [6, 6.07) is 12.3. The molecule has 4 N–H and O–H groups in total. The summed E-state index contributed by atoms with van der Waals surface area (Å²) >= 11 is 0. The van der Waals surface area contributed by atoms with Gasteiger partial charge in [-0.3, -0.25) is 0 Å². The van der Waals surface area contributed by atoms with Crippen molar-refractivity contribution in [2.45, 2.75) is 89.8 Å². The highest BCUT2D eigenvalue weighted by Gasteiger charge is 2.24. The maximum Gasteiger partial charge on any atom is 0.338 e. The minimum Gasteiger partial charge on any atom is -0.462 e. The first-order valence-electron chi connectivity index (χ1n) is 14.4. The topological polar surface area (TPSA) is 114 Å². The molecule has 0 aliphatic heterocycles. The van der Waals surface area contributed by atoms with Gasteiger partial charge in [-0.25, -0.2) is 9.59 Å². The lowest BCUT2D eigenvalue weighted by Gasteiger charge is -2.28. The lowest BCUT2D eigenvalue weighted by molar-refractivity contribution is -0.137. The average Bonchev–Trinajstić information content (AvgIpc) is 2.94. The second-order valence-electron chi connectivity index (χ2n) is 10.3. The highest BCUT2D eigenvalue weighted by Crippen LogP contribution is 2.25. The summed E-state index contributed by atoms with van der Waals surface area (Å²) in [6.07, 6.45) is 14.9. The van der Waals surface area contributed by atoms with Gasteiger partial charge in [0.1, 0.15) is 6.10 Å². The minimum absolute atomic E-state index is 0.0654. The second-order valence-corrected chi connectivity index (χ2v) is 10.3. The third-order valence-corrected chi connectivity index (χ3v) is 7.09. The number of nitrogens with two attached hydrogens (primary N) is 2. The third kappa shape index (κ3) is 11.1. The highest BCUT2D eigenvalue weighted by molar-refractivity contribution is 5.90. The van der Waals surface area contributed by atoms with Gasteiger partial charge in [0.15, 0.2) is 0 Å². The van der Waals surface area contributed by atoms with Crippen molar-refractivity contribution >= 4 is 29.4 Å². The molecule has 0 unspecified atom stereocenters. The highest BCUT2D eigenvalue weighted by atomic mass is 16.5. The van der Waals surface area contributed by atoms with E-state index >= 15 is 0 Å². The van der Waals surface area contributed by atoms with E-state index in [0.717, 1.165) is 49.8 Å². The van der Waals surface area contributed by atoms with E-state index in [1.54, 1.807) is 42.5 Å². The first-order valence-corrected chi connectivity index (χ1v) is 14.4. The number of unbranched alkanes of at least 4 members (excludes halogenated alkanes) is 5. The molecule has 7 heteroatoms. The Morgan fingerprint density at radius 3 is 2.28 bits per heavy atom. The second kappa shape index (κ2) is 16.6. The van der Waals surface area contributed by atoms with Crippen LogP contribution in [0.25, 0.3) is 6.08 Å². The van der Waals surface area contributed by atoms with E-state index < -0.39 is 5.97 Å². The van der Waals surface area contributed by atoms with Gasteiger partial charge < -0.3 is 25.7 Å². The van der Waals surface area contributed by atoms with E-state index in [1.165, 1.54) is 38.2 Å². The molecule has 212 valence electrons. The van der Waals surface area contributed by atoms with E-state index in [2.05, 4.69) is 6.92 Å². The molecule has 0 aromatic heterocycles. The van der Waals surface area contributed by atoms with Gasteiger partial charge in [-0.1, -0.05) is 57.2 Å². The Labute approximate surface area is 232 Å². The molecule has 1 saturated carbocycles. The van der Waals surface area contributed by atoms with Crippen molar-refractivity contribution in [2.24, 2.45) is 0 Å². The predicted octanol–water partition coefficient (Wildman–Crippen LogP) is 6.50. The zero-order valence-electron chi connectivity index (χ0n) is 23.2. The maximum absolute atomic E-state index is 12.6. The number of anilines is 2. The Hall–Kier alpha value is -3.32. The van der Waals surface area contributed by atoms with Gasteiger partial charge >= 0.3 is 11.9 Å². The number of rotatable bonds is 15. The molecule has 0 bridgehead atoms. The van der Waals surface area contributed by atoms with Crippen LogP contribution >= 0.6 is 0 Å². The van der Waals surface area contributed by atoms with Gasteiger partial charge in [0.2, 0.25) is 0 Å². The zero-order chi connectivity index (χ0) is 27.9. The van der Waals surface area contributed by atoms with Crippen LogP contribution in [0.1, 0.15) is 92.6 Å². The largest absolute Gasteiger partial charge is 0.462 e. The van der Waals surface area contributed by atoms with Crippen molar-refractivity contribution in [1.82, 2.24) is 0 Å². The van der Waals surface area contributed by atoms with Crippen LogP contribution in [0.3, 0.4) is 0 Å². The molecule has 0 heterocycles. The van der Waals surface area contributed by atoms with Crippen LogP contribution in [0.15, 0.2) is 48.5 Å². The molecular weight excluding hydrogens is 492 g/mol. The van der Waals surface area contributed by atoms with E-state index in [4.69, 9.17) is 25.7 Å². The van der Waals surface area contributed by atoms with E-state index in [-0.39, 0.29) is 24.8 Å². The predicted molar refractivity (Wildman–Crippen MR) is 156 cm³/mol. The molecule has 7 nitrogen and oxygen atoms in total. The van der Waals surface area contributed by atoms with Gasteiger partial charge in [-0.05, 0) is 73.6 Å². The number of carbonyl (C=O) groups is 2. The number of benzene rings is 2. The van der Waals surface area contributed by atoms with Crippen molar-refractivity contribution < 1.29 is 23.8 Å². The Kier molecular flexibility index (Phi) is 12.9. The number of hydrogen-bond donors (Lipinski definition) is 2. The summed E-state index contributed by atoms with van der Waals surface area (Å²) in [5.74, 6) is -0.762. The van der Waals surface area contributed by atoms with Crippen LogP contribution in [0.2, 0.25) is 0 Å². The fourth-order valence-electron chi connectivity index (χ4n) is 4.71. The van der Waals surface area contributed by atoms with E-state index in [9.17, 15) is 9.59 Å². The molecule has 1 fully saturated rings. The summed E-state index contributed by atoms with van der Waals surface area (Å²) < 4.78 is 17.0. The number of ether oxygens (including phenoxy) is 3. The van der Waals surface area contributed by atoms with E-state index in [0.29, 0.717) is 23.4 Å². The first kappa shape index (κ1) is 30.2. The molecule has 0 radical (unpaired) electrons. The van der Waals surface area contributed by atoms with Gasteiger partial charge in [0.05, 0.1) is 18.3 Å². The lowest BCUT2D eigenvalue weighted by atomic mass is 9.95. The molecule has 2 aromatic rings. The number of esters is 2. The van der Waals surface area contributed by atoms with Gasteiger partial charge in [-0.15, -0.1) is 0 Å².